The summed E-state index contributed by atoms with van der Waals surface area (Å²) in [6.45, 7) is 6.70. The zero-order chi connectivity index (χ0) is 12.1. The van der Waals surface area contributed by atoms with Crippen LogP contribution >= 0.6 is 11.6 Å². The Labute approximate surface area is 97.8 Å². The normalized spacial score (nSPS) is 9.56. The Kier molecular flexibility index (Phi) is 4.08. The summed E-state index contributed by atoms with van der Waals surface area (Å²) in [6.07, 6.45) is 1.54. The lowest BCUT2D eigenvalue weighted by Crippen LogP contribution is -2.07. The average molecular weight is 240 g/mol. The van der Waals surface area contributed by atoms with Gasteiger partial charge in [0.05, 0.1) is 0 Å². The highest BCUT2D eigenvalue weighted by Crippen LogP contribution is 2.24. The molecule has 0 fully saturated rings. The Morgan fingerprint density at radius 2 is 2.25 bits per heavy atom. The molecule has 84 valence electrons. The highest BCUT2D eigenvalue weighted by atomic mass is 35.5. The van der Waals surface area contributed by atoms with Gasteiger partial charge in [-0.15, -0.1) is 0 Å². The Balaban J connectivity index is 2.90. The number of aliphatic carboxylic acids is 1. The van der Waals surface area contributed by atoms with Gasteiger partial charge in [-0.25, -0.2) is 4.79 Å². The minimum atomic E-state index is -1.08. The number of carbonyl (C=O) groups is 1. The predicted octanol–water partition coefficient (Wildman–Crippen LogP) is 2.36. The van der Waals surface area contributed by atoms with Gasteiger partial charge in [0.1, 0.15) is 11.5 Å². The van der Waals surface area contributed by atoms with Crippen LogP contribution in [0.2, 0.25) is 0 Å². The fourth-order valence-corrected chi connectivity index (χ4v) is 1.22. The van der Waals surface area contributed by atoms with Crippen LogP contribution < -0.4 is 0 Å². The summed E-state index contributed by atoms with van der Waals surface area (Å²) in [5.41, 5.74) is 0.961. The summed E-state index contributed by atoms with van der Waals surface area (Å²) in [6, 6.07) is 3.39. The first kappa shape index (κ1) is 12.3. The second kappa shape index (κ2) is 5.32. The molecule has 1 aromatic heterocycles. The van der Waals surface area contributed by atoms with E-state index in [9.17, 15) is 4.79 Å². The molecule has 1 aromatic rings. The first-order valence-electron chi connectivity index (χ1n) is 4.36. The Morgan fingerprint density at radius 1 is 1.56 bits per heavy atom. The van der Waals surface area contributed by atoms with E-state index in [-0.39, 0.29) is 5.76 Å². The van der Waals surface area contributed by atoms with Crippen LogP contribution in [-0.4, -0.2) is 22.7 Å². The number of carboxylic acids is 1. The maximum Gasteiger partial charge on any atom is 0.341 e. The van der Waals surface area contributed by atoms with Crippen molar-refractivity contribution in [3.05, 3.63) is 42.7 Å². The van der Waals surface area contributed by atoms with Gasteiger partial charge in [-0.1, -0.05) is 24.8 Å². The lowest BCUT2D eigenvalue weighted by molar-refractivity contribution is -0.139. The van der Waals surface area contributed by atoms with Crippen molar-refractivity contribution in [2.45, 2.75) is 0 Å². The zero-order valence-electron chi connectivity index (χ0n) is 8.44. The Hall–Kier alpha value is -1.81. The summed E-state index contributed by atoms with van der Waals surface area (Å²) in [7, 11) is 0. The second-order valence-corrected chi connectivity index (χ2v) is 3.37. The number of halogens is 1. The number of hydrogen-bond donors (Lipinski definition) is 1. The molecule has 0 saturated carbocycles. The van der Waals surface area contributed by atoms with E-state index in [1.807, 2.05) is 0 Å². The average Bonchev–Trinajstić information content (AvgIpc) is 2.25. The molecule has 0 spiro atoms. The van der Waals surface area contributed by atoms with E-state index in [4.69, 9.17) is 21.4 Å². The molecule has 0 aliphatic carbocycles. The molecule has 5 heteroatoms. The van der Waals surface area contributed by atoms with Crippen molar-refractivity contribution < 1.29 is 14.6 Å². The second-order valence-electron chi connectivity index (χ2n) is 2.91. The molecule has 0 unspecified atom stereocenters. The molecule has 0 amide bonds. The van der Waals surface area contributed by atoms with E-state index in [0.717, 1.165) is 0 Å². The quantitative estimate of drug-likeness (QED) is 0.802. The number of hydrogen-bond acceptors (Lipinski definition) is 3. The first-order valence-corrected chi connectivity index (χ1v) is 4.74. The number of aromatic nitrogens is 1. The topological polar surface area (TPSA) is 59.4 Å². The predicted molar refractivity (Wildman–Crippen MR) is 61.7 cm³/mol. The third-order valence-electron chi connectivity index (χ3n) is 1.73. The Bertz CT molecular complexity index is 443. The smallest absolute Gasteiger partial charge is 0.341 e. The summed E-state index contributed by atoms with van der Waals surface area (Å²) in [4.78, 5) is 14.3. The van der Waals surface area contributed by atoms with E-state index in [1.54, 1.807) is 12.1 Å². The van der Waals surface area contributed by atoms with Gasteiger partial charge in [-0.05, 0) is 12.1 Å². The molecule has 0 saturated heterocycles. The van der Waals surface area contributed by atoms with Crippen molar-refractivity contribution in [2.24, 2.45) is 0 Å². The van der Waals surface area contributed by atoms with E-state index in [1.165, 1.54) is 6.20 Å². The molecule has 0 aromatic carbocycles. The third kappa shape index (κ3) is 3.10. The number of pyridine rings is 1. The maximum absolute atomic E-state index is 10.3. The molecule has 0 aliphatic heterocycles. The van der Waals surface area contributed by atoms with Crippen LogP contribution in [0.3, 0.4) is 0 Å². The molecule has 0 radical (unpaired) electrons. The van der Waals surface area contributed by atoms with Crippen LogP contribution in [0.15, 0.2) is 31.5 Å². The van der Waals surface area contributed by atoms with Gasteiger partial charge in [-0.3, -0.25) is 4.98 Å². The van der Waals surface area contributed by atoms with E-state index >= 15 is 0 Å². The molecular formula is C11H10ClNO3. The molecule has 0 atom stereocenters. The molecule has 1 N–H and O–H groups in total. The van der Waals surface area contributed by atoms with Crippen molar-refractivity contribution in [2.75, 3.05) is 6.61 Å². The molecule has 1 heterocycles. The van der Waals surface area contributed by atoms with Crippen LogP contribution in [-0.2, 0) is 9.53 Å². The Morgan fingerprint density at radius 3 is 2.81 bits per heavy atom. The van der Waals surface area contributed by atoms with E-state index < -0.39 is 12.6 Å². The van der Waals surface area contributed by atoms with Gasteiger partial charge in [0.25, 0.3) is 0 Å². The summed E-state index contributed by atoms with van der Waals surface area (Å²) in [5.74, 6) is -0.928. The number of nitrogens with zero attached hydrogens (tertiary/aromatic N) is 1. The lowest BCUT2D eigenvalue weighted by atomic mass is 10.1. The minimum Gasteiger partial charge on any atom is -0.480 e. The molecule has 16 heavy (non-hydrogen) atoms. The fourth-order valence-electron chi connectivity index (χ4n) is 1.06. The number of rotatable bonds is 5. The van der Waals surface area contributed by atoms with Gasteiger partial charge in [0, 0.05) is 16.8 Å². The highest BCUT2D eigenvalue weighted by molar-refractivity contribution is 6.48. The summed E-state index contributed by atoms with van der Waals surface area (Å²) < 4.78 is 4.92. The zero-order valence-corrected chi connectivity index (χ0v) is 9.20. The van der Waals surface area contributed by atoms with Gasteiger partial charge in [0.2, 0.25) is 0 Å². The minimum absolute atomic E-state index is 0.153. The van der Waals surface area contributed by atoms with E-state index in [2.05, 4.69) is 18.1 Å². The van der Waals surface area contributed by atoms with Crippen LogP contribution in [0, 0.1) is 0 Å². The van der Waals surface area contributed by atoms with Gasteiger partial charge < -0.3 is 9.84 Å². The molecule has 0 bridgehead atoms. The van der Waals surface area contributed by atoms with Crippen molar-refractivity contribution in [3.8, 4) is 0 Å². The van der Waals surface area contributed by atoms with E-state index in [0.29, 0.717) is 16.3 Å². The number of ether oxygens (including phenoxy) is 1. The molecule has 4 nitrogen and oxygen atoms in total. The van der Waals surface area contributed by atoms with Crippen LogP contribution in [0.5, 0.6) is 0 Å². The monoisotopic (exact) mass is 239 g/mol. The van der Waals surface area contributed by atoms with Crippen molar-refractivity contribution in [3.63, 3.8) is 0 Å². The largest absolute Gasteiger partial charge is 0.480 e. The summed E-state index contributed by atoms with van der Waals surface area (Å²) >= 11 is 5.77. The molecular weight excluding hydrogens is 230 g/mol. The lowest BCUT2D eigenvalue weighted by Gasteiger charge is -2.09. The standard InChI is InChI=1S/C11H10ClNO3/c1-7(12)9-4-3-5-13-11(9)8(2)16-6-10(14)15/h3-5H,1-2,6H2,(H,14,15). The van der Waals surface area contributed by atoms with Crippen molar-refractivity contribution >= 4 is 28.4 Å². The molecule has 0 aliphatic rings. The number of carboxylic acid groups (broad SMARTS) is 1. The van der Waals surface area contributed by atoms with Gasteiger partial charge in [-0.2, -0.15) is 0 Å². The van der Waals surface area contributed by atoms with Crippen LogP contribution in [0.1, 0.15) is 11.3 Å². The van der Waals surface area contributed by atoms with Crippen LogP contribution in [0.4, 0.5) is 0 Å². The van der Waals surface area contributed by atoms with Crippen LogP contribution in [0.25, 0.3) is 10.8 Å². The third-order valence-corrected chi connectivity index (χ3v) is 1.94. The van der Waals surface area contributed by atoms with Gasteiger partial charge in [0.15, 0.2) is 6.61 Å². The summed E-state index contributed by atoms with van der Waals surface area (Å²) in [5, 5.41) is 8.75. The van der Waals surface area contributed by atoms with Crippen molar-refractivity contribution in [1.82, 2.24) is 4.98 Å². The maximum atomic E-state index is 10.3. The highest BCUT2D eigenvalue weighted by Gasteiger charge is 2.11. The fraction of sp³-hybridized carbons (Fsp3) is 0.0909. The van der Waals surface area contributed by atoms with Gasteiger partial charge >= 0.3 is 5.97 Å². The molecule has 1 rings (SSSR count). The first-order chi connectivity index (χ1) is 7.52. The van der Waals surface area contributed by atoms with Crippen molar-refractivity contribution in [1.29, 1.82) is 0 Å². The SMILES string of the molecule is C=C(Cl)c1cccnc1C(=C)OCC(=O)O.